The van der Waals surface area contributed by atoms with Crippen molar-refractivity contribution in [3.8, 4) is 0 Å². The molecular weight excluding hydrogens is 240 g/mol. The van der Waals surface area contributed by atoms with Crippen LogP contribution in [0.5, 0.6) is 0 Å². The molecule has 5 nitrogen and oxygen atoms in total. The van der Waals surface area contributed by atoms with Gasteiger partial charge in [-0.3, -0.25) is 0 Å². The van der Waals surface area contributed by atoms with Crippen LogP contribution in [0.3, 0.4) is 0 Å². The van der Waals surface area contributed by atoms with Gasteiger partial charge in [0.15, 0.2) is 0 Å². The van der Waals surface area contributed by atoms with Gasteiger partial charge in [-0.2, -0.15) is 4.37 Å². The standard InChI is InChI=1S/C11H16N2O3S/c1-3-16-8-4-7(5-8)12-10-9(11(14)15)6(2)13-17-10/h7-8,12H,3-5H2,1-2H3,(H,14,15). The molecule has 0 spiro atoms. The maximum Gasteiger partial charge on any atom is 0.340 e. The summed E-state index contributed by atoms with van der Waals surface area (Å²) in [4.78, 5) is 11.1. The van der Waals surface area contributed by atoms with Gasteiger partial charge in [-0.15, -0.1) is 0 Å². The lowest BCUT2D eigenvalue weighted by Gasteiger charge is -2.35. The van der Waals surface area contributed by atoms with Crippen LogP contribution in [-0.4, -0.2) is 34.2 Å². The second-order valence-corrected chi connectivity index (χ2v) is 4.94. The Balaban J connectivity index is 1.94. The molecule has 0 bridgehead atoms. The van der Waals surface area contributed by atoms with Crippen LogP contribution in [-0.2, 0) is 4.74 Å². The van der Waals surface area contributed by atoms with Crippen molar-refractivity contribution in [2.24, 2.45) is 0 Å². The largest absolute Gasteiger partial charge is 0.478 e. The highest BCUT2D eigenvalue weighted by molar-refractivity contribution is 7.10. The number of carbonyl (C=O) groups is 1. The Labute approximate surface area is 104 Å². The van der Waals surface area contributed by atoms with Crippen LogP contribution >= 0.6 is 11.5 Å². The zero-order valence-electron chi connectivity index (χ0n) is 9.90. The molecule has 1 aliphatic rings. The van der Waals surface area contributed by atoms with Gasteiger partial charge >= 0.3 is 5.97 Å². The fourth-order valence-electron chi connectivity index (χ4n) is 1.96. The molecule has 1 fully saturated rings. The first-order chi connectivity index (χ1) is 8.11. The van der Waals surface area contributed by atoms with Gasteiger partial charge in [-0.25, -0.2) is 4.79 Å². The van der Waals surface area contributed by atoms with Gasteiger partial charge < -0.3 is 15.2 Å². The van der Waals surface area contributed by atoms with Gasteiger partial charge in [0.25, 0.3) is 0 Å². The Morgan fingerprint density at radius 3 is 2.94 bits per heavy atom. The van der Waals surface area contributed by atoms with E-state index in [0.717, 1.165) is 19.4 Å². The molecule has 0 unspecified atom stereocenters. The third kappa shape index (κ3) is 2.58. The van der Waals surface area contributed by atoms with E-state index in [4.69, 9.17) is 9.84 Å². The first-order valence-electron chi connectivity index (χ1n) is 5.69. The predicted octanol–water partition coefficient (Wildman–Crippen LogP) is 2.13. The van der Waals surface area contributed by atoms with E-state index in [1.54, 1.807) is 6.92 Å². The molecule has 17 heavy (non-hydrogen) atoms. The highest BCUT2D eigenvalue weighted by atomic mass is 32.1. The van der Waals surface area contributed by atoms with Crippen molar-refractivity contribution in [1.29, 1.82) is 0 Å². The van der Waals surface area contributed by atoms with Gasteiger partial charge in [0.05, 0.1) is 11.8 Å². The average molecular weight is 256 g/mol. The number of aromatic nitrogens is 1. The van der Waals surface area contributed by atoms with Crippen LogP contribution in [0.1, 0.15) is 35.8 Å². The molecule has 0 atom stereocenters. The zero-order valence-corrected chi connectivity index (χ0v) is 10.7. The van der Waals surface area contributed by atoms with Gasteiger partial charge in [-0.05, 0) is 38.2 Å². The van der Waals surface area contributed by atoms with Crippen molar-refractivity contribution in [3.63, 3.8) is 0 Å². The fraction of sp³-hybridized carbons (Fsp3) is 0.636. The molecule has 1 aromatic heterocycles. The van der Waals surface area contributed by atoms with Crippen LogP contribution in [0.4, 0.5) is 5.00 Å². The molecule has 0 aromatic carbocycles. The number of nitrogens with zero attached hydrogens (tertiary/aromatic N) is 1. The van der Waals surface area contributed by atoms with Crippen LogP contribution < -0.4 is 5.32 Å². The highest BCUT2D eigenvalue weighted by Crippen LogP contribution is 2.31. The fourth-order valence-corrected chi connectivity index (χ4v) is 2.83. The number of rotatable bonds is 5. The number of anilines is 1. The van der Waals surface area contributed by atoms with Gasteiger partial charge in [-0.1, -0.05) is 0 Å². The summed E-state index contributed by atoms with van der Waals surface area (Å²) in [6.07, 6.45) is 2.19. The zero-order chi connectivity index (χ0) is 12.4. The van der Waals surface area contributed by atoms with Gasteiger partial charge in [0.2, 0.25) is 0 Å². The monoisotopic (exact) mass is 256 g/mol. The minimum Gasteiger partial charge on any atom is -0.478 e. The summed E-state index contributed by atoms with van der Waals surface area (Å²) >= 11 is 1.21. The van der Waals surface area contributed by atoms with Crippen molar-refractivity contribution < 1.29 is 14.6 Å². The van der Waals surface area contributed by atoms with E-state index in [-0.39, 0.29) is 0 Å². The van der Waals surface area contributed by atoms with E-state index >= 15 is 0 Å². The average Bonchev–Trinajstić information content (AvgIpc) is 2.56. The number of nitrogens with one attached hydrogen (secondary N) is 1. The van der Waals surface area contributed by atoms with E-state index in [1.807, 2.05) is 6.92 Å². The molecule has 6 heteroatoms. The minimum absolute atomic E-state index is 0.301. The summed E-state index contributed by atoms with van der Waals surface area (Å²) in [5.41, 5.74) is 0.876. The number of hydrogen-bond donors (Lipinski definition) is 2. The quantitative estimate of drug-likeness (QED) is 0.844. The molecule has 1 saturated carbocycles. The molecule has 94 valence electrons. The lowest BCUT2D eigenvalue weighted by molar-refractivity contribution is 0.00304. The van der Waals surface area contributed by atoms with Crippen molar-refractivity contribution >= 4 is 22.5 Å². The summed E-state index contributed by atoms with van der Waals surface area (Å²) in [6.45, 7) is 4.43. The second kappa shape index (κ2) is 5.01. The molecule has 1 heterocycles. The molecule has 0 radical (unpaired) electrons. The third-order valence-corrected chi connectivity index (χ3v) is 3.78. The van der Waals surface area contributed by atoms with E-state index in [2.05, 4.69) is 9.69 Å². The second-order valence-electron chi connectivity index (χ2n) is 4.17. The summed E-state index contributed by atoms with van der Waals surface area (Å²) in [5, 5.41) is 13.0. The van der Waals surface area contributed by atoms with Crippen molar-refractivity contribution in [1.82, 2.24) is 4.37 Å². The molecule has 1 aromatic rings. The molecule has 0 saturated heterocycles. The Kier molecular flexibility index (Phi) is 3.63. The van der Waals surface area contributed by atoms with Gasteiger partial charge in [0, 0.05) is 12.6 Å². The lowest BCUT2D eigenvalue weighted by atomic mass is 9.89. The number of carboxylic acids is 1. The van der Waals surface area contributed by atoms with E-state index < -0.39 is 5.97 Å². The van der Waals surface area contributed by atoms with E-state index in [9.17, 15) is 4.79 Å². The topological polar surface area (TPSA) is 71.5 Å². The lowest BCUT2D eigenvalue weighted by Crippen LogP contribution is -2.40. The summed E-state index contributed by atoms with van der Waals surface area (Å²) in [5.74, 6) is -0.917. The SMILES string of the molecule is CCOC1CC(Nc2snc(C)c2C(=O)O)C1. The molecule has 2 N–H and O–H groups in total. The molecule has 2 rings (SSSR count). The smallest absolute Gasteiger partial charge is 0.340 e. The number of ether oxygens (including phenoxy) is 1. The van der Waals surface area contributed by atoms with Crippen LogP contribution in [0.2, 0.25) is 0 Å². The molecule has 0 amide bonds. The highest BCUT2D eigenvalue weighted by Gasteiger charge is 2.31. The summed E-state index contributed by atoms with van der Waals surface area (Å²) < 4.78 is 9.53. The van der Waals surface area contributed by atoms with Crippen molar-refractivity contribution in [2.45, 2.75) is 38.8 Å². The van der Waals surface area contributed by atoms with E-state index in [0.29, 0.717) is 28.4 Å². The van der Waals surface area contributed by atoms with Gasteiger partial charge in [0.1, 0.15) is 10.6 Å². The van der Waals surface area contributed by atoms with E-state index in [1.165, 1.54) is 11.5 Å². The first-order valence-corrected chi connectivity index (χ1v) is 6.46. The summed E-state index contributed by atoms with van der Waals surface area (Å²) in [7, 11) is 0. The van der Waals surface area contributed by atoms with Crippen LogP contribution in [0, 0.1) is 6.92 Å². The maximum atomic E-state index is 11.1. The van der Waals surface area contributed by atoms with Crippen molar-refractivity contribution in [3.05, 3.63) is 11.3 Å². The normalized spacial score (nSPS) is 23.2. The molecule has 0 aliphatic heterocycles. The third-order valence-electron chi connectivity index (χ3n) is 2.91. The Hall–Kier alpha value is -1.14. The predicted molar refractivity (Wildman–Crippen MR) is 65.9 cm³/mol. The Morgan fingerprint density at radius 1 is 1.65 bits per heavy atom. The van der Waals surface area contributed by atoms with Crippen LogP contribution in [0.25, 0.3) is 0 Å². The molecular formula is C11H16N2O3S. The number of hydrogen-bond acceptors (Lipinski definition) is 5. The number of aryl methyl sites for hydroxylation is 1. The number of carboxylic acid groups (broad SMARTS) is 1. The van der Waals surface area contributed by atoms with Crippen molar-refractivity contribution in [2.75, 3.05) is 11.9 Å². The maximum absolute atomic E-state index is 11.1. The first kappa shape index (κ1) is 12.3. The minimum atomic E-state index is -0.917. The van der Waals surface area contributed by atoms with Crippen LogP contribution in [0.15, 0.2) is 0 Å². The molecule has 1 aliphatic carbocycles. The Morgan fingerprint density at radius 2 is 2.35 bits per heavy atom. The summed E-state index contributed by atoms with van der Waals surface area (Å²) in [6, 6.07) is 0.310. The number of aromatic carboxylic acids is 1. The Bertz CT molecular complexity index is 413.